The Hall–Kier alpha value is -2.88. The molecule has 4 heterocycles. The highest BCUT2D eigenvalue weighted by Gasteiger charge is 2.47. The van der Waals surface area contributed by atoms with Crippen molar-refractivity contribution in [1.29, 1.82) is 0 Å². The summed E-state index contributed by atoms with van der Waals surface area (Å²) >= 11 is 0. The Morgan fingerprint density at radius 3 is 2.38 bits per heavy atom. The van der Waals surface area contributed by atoms with Crippen molar-refractivity contribution in [1.82, 2.24) is 19.7 Å². The molecule has 1 saturated heterocycles. The first kappa shape index (κ1) is 26.3. The fourth-order valence-electron chi connectivity index (χ4n) is 6.87. The van der Waals surface area contributed by atoms with E-state index in [9.17, 15) is 4.79 Å². The van der Waals surface area contributed by atoms with E-state index in [0.29, 0.717) is 35.8 Å². The van der Waals surface area contributed by atoms with Crippen molar-refractivity contribution in [2.75, 3.05) is 61.0 Å². The number of nitrogens with zero attached hydrogens (tertiary/aromatic N) is 5. The van der Waals surface area contributed by atoms with Gasteiger partial charge in [-0.05, 0) is 44.2 Å². The van der Waals surface area contributed by atoms with Gasteiger partial charge in [-0.15, -0.1) is 0 Å². The zero-order valence-electron chi connectivity index (χ0n) is 23.2. The molecule has 2 aliphatic carbocycles. The van der Waals surface area contributed by atoms with E-state index < -0.39 is 11.7 Å². The molecule has 1 spiro atoms. The molecule has 39 heavy (non-hydrogen) atoms. The molecule has 2 saturated carbocycles. The van der Waals surface area contributed by atoms with E-state index in [1.54, 1.807) is 10.9 Å². The van der Waals surface area contributed by atoms with Crippen LogP contribution in [0, 0.1) is 0 Å². The number of rotatable bonds is 4. The molecule has 2 aromatic rings. The molecule has 10 heteroatoms. The Morgan fingerprint density at radius 2 is 1.72 bits per heavy atom. The van der Waals surface area contributed by atoms with Crippen LogP contribution in [-0.4, -0.2) is 71.5 Å². The second-order valence-corrected chi connectivity index (χ2v) is 12.1. The Morgan fingerprint density at radius 1 is 1.05 bits per heavy atom. The third-order valence-corrected chi connectivity index (χ3v) is 9.34. The summed E-state index contributed by atoms with van der Waals surface area (Å²) in [6.45, 7) is 3.91. The number of fused-ring (bicyclic) bond motifs is 2. The topological polar surface area (TPSA) is 104 Å². The lowest BCUT2D eigenvalue weighted by molar-refractivity contribution is 0.0721. The smallest absolute Gasteiger partial charge is 0.263 e. The maximum atomic E-state index is 15.8. The molecule has 6 rings (SSSR count). The van der Waals surface area contributed by atoms with Crippen LogP contribution in [-0.2, 0) is 5.54 Å². The van der Waals surface area contributed by atoms with Crippen molar-refractivity contribution in [2.45, 2.75) is 88.3 Å². The van der Waals surface area contributed by atoms with Crippen molar-refractivity contribution >= 4 is 28.9 Å². The highest BCUT2D eigenvalue weighted by atomic mass is 19.1. The molecule has 0 radical (unpaired) electrons. The molecule has 0 aromatic carbocycles. The summed E-state index contributed by atoms with van der Waals surface area (Å²) in [5, 5.41) is 11.0. The van der Waals surface area contributed by atoms with Gasteiger partial charge in [-0.25, -0.2) is 9.07 Å². The molecule has 1 unspecified atom stereocenters. The summed E-state index contributed by atoms with van der Waals surface area (Å²) in [6.07, 6.45) is 14.1. The number of carbonyl (C=O) groups is 1. The largest absolute Gasteiger partial charge is 0.381 e. The van der Waals surface area contributed by atoms with Gasteiger partial charge in [0.25, 0.3) is 5.91 Å². The van der Waals surface area contributed by atoms with Gasteiger partial charge in [-0.3, -0.25) is 9.78 Å². The first-order chi connectivity index (χ1) is 19.0. The number of hydrogen-bond acceptors (Lipinski definition) is 7. The van der Waals surface area contributed by atoms with Gasteiger partial charge in [0.2, 0.25) is 0 Å². The van der Waals surface area contributed by atoms with Crippen molar-refractivity contribution < 1.29 is 9.18 Å². The van der Waals surface area contributed by atoms with Crippen LogP contribution in [0.1, 0.15) is 92.5 Å². The third-order valence-electron chi connectivity index (χ3n) is 9.34. The number of alkyl halides is 1. The Bertz CT molecular complexity index is 1180. The molecule has 1 atom stereocenters. The maximum absolute atomic E-state index is 15.8. The Balaban J connectivity index is 1.32. The average Bonchev–Trinajstić information content (AvgIpc) is 3.72. The molecule has 2 aromatic heterocycles. The summed E-state index contributed by atoms with van der Waals surface area (Å²) < 4.78 is 17.5. The molecule has 2 aliphatic heterocycles. The average molecular weight is 539 g/mol. The van der Waals surface area contributed by atoms with E-state index in [1.807, 2.05) is 6.20 Å². The number of amides is 1. The monoisotopic (exact) mass is 538 g/mol. The maximum Gasteiger partial charge on any atom is 0.263 e. The molecule has 4 N–H and O–H groups in total. The van der Waals surface area contributed by atoms with Crippen LogP contribution >= 0.6 is 0 Å². The second-order valence-electron chi connectivity index (χ2n) is 12.1. The van der Waals surface area contributed by atoms with Gasteiger partial charge in [0.1, 0.15) is 17.6 Å². The number of aromatic nitrogens is 3. The summed E-state index contributed by atoms with van der Waals surface area (Å²) in [5.74, 6) is 0.865. The highest BCUT2D eigenvalue weighted by molar-refractivity contribution is 6.12. The fraction of sp³-hybridized carbons (Fsp3) is 0.690. The van der Waals surface area contributed by atoms with Crippen LogP contribution in [0.4, 0.5) is 27.4 Å². The molecule has 212 valence electrons. The summed E-state index contributed by atoms with van der Waals surface area (Å²) in [6, 6.07) is 0. The number of carbonyl (C=O) groups excluding carboxylic acids is 1. The van der Waals surface area contributed by atoms with Crippen LogP contribution in [0.25, 0.3) is 0 Å². The minimum absolute atomic E-state index is 0.146. The standard InChI is InChI=1S/C29H43FN8O/c1-36-13-15-37(16-14-36)25-21(20-9-10-20)17-32-18-22(25)34-28(39)24-26(31)35-38-27(24)33-19-23(30)29(38)11-7-5-3-2-4-6-8-12-29/h17-18,20,23,33H,2-16,19H2,1H3,(H2,31,35)(H,34,39). The quantitative estimate of drug-likeness (QED) is 0.517. The number of nitrogens with two attached hydrogens (primary N) is 1. The fourth-order valence-corrected chi connectivity index (χ4v) is 6.87. The van der Waals surface area contributed by atoms with Gasteiger partial charge in [0.15, 0.2) is 5.82 Å². The number of halogens is 1. The van der Waals surface area contributed by atoms with Crippen LogP contribution in [0.15, 0.2) is 12.4 Å². The summed E-state index contributed by atoms with van der Waals surface area (Å²) in [7, 11) is 2.14. The number of nitrogen functional groups attached to an aromatic ring is 1. The van der Waals surface area contributed by atoms with Crippen molar-refractivity contribution in [2.24, 2.45) is 0 Å². The zero-order valence-corrected chi connectivity index (χ0v) is 23.2. The molecule has 0 bridgehead atoms. The van der Waals surface area contributed by atoms with E-state index in [0.717, 1.165) is 70.4 Å². The molecule has 1 amide bonds. The lowest BCUT2D eigenvalue weighted by Gasteiger charge is -2.42. The van der Waals surface area contributed by atoms with E-state index in [-0.39, 0.29) is 18.3 Å². The van der Waals surface area contributed by atoms with E-state index >= 15 is 4.39 Å². The lowest BCUT2D eigenvalue weighted by Crippen LogP contribution is -2.51. The molecule has 3 fully saturated rings. The molecular weight excluding hydrogens is 495 g/mol. The Labute approximate surface area is 230 Å². The number of piperazine rings is 1. The second kappa shape index (κ2) is 10.9. The normalized spacial score (nSPS) is 24.2. The number of likely N-dealkylation sites (N-methyl/N-ethyl adjacent to an activating group) is 1. The first-order valence-electron chi connectivity index (χ1n) is 15.0. The van der Waals surface area contributed by atoms with Gasteiger partial charge in [-0.1, -0.05) is 44.9 Å². The first-order valence-corrected chi connectivity index (χ1v) is 15.0. The van der Waals surface area contributed by atoms with E-state index in [2.05, 4.69) is 37.6 Å². The SMILES string of the molecule is CN1CCN(c2c(NC(=O)c3c(N)nn4c3NCC(F)C43CCCCCCCCC3)cncc2C2CC2)CC1. The summed E-state index contributed by atoms with van der Waals surface area (Å²) in [4.78, 5) is 23.1. The number of hydrogen-bond donors (Lipinski definition) is 3. The predicted molar refractivity (Wildman–Crippen MR) is 153 cm³/mol. The number of anilines is 4. The van der Waals surface area contributed by atoms with Crippen LogP contribution in [0.3, 0.4) is 0 Å². The van der Waals surface area contributed by atoms with Crippen LogP contribution in [0.2, 0.25) is 0 Å². The minimum atomic E-state index is -1.08. The van der Waals surface area contributed by atoms with E-state index in [1.165, 1.54) is 24.8 Å². The third kappa shape index (κ3) is 5.08. The van der Waals surface area contributed by atoms with E-state index in [4.69, 9.17) is 5.73 Å². The van der Waals surface area contributed by atoms with Crippen molar-refractivity contribution in [3.63, 3.8) is 0 Å². The van der Waals surface area contributed by atoms with Crippen LogP contribution in [0.5, 0.6) is 0 Å². The van der Waals surface area contributed by atoms with Gasteiger partial charge in [0, 0.05) is 38.9 Å². The summed E-state index contributed by atoms with van der Waals surface area (Å²) in [5.41, 5.74) is 8.98. The highest BCUT2D eigenvalue weighted by Crippen LogP contribution is 2.47. The van der Waals surface area contributed by atoms with Crippen molar-refractivity contribution in [3.05, 3.63) is 23.5 Å². The van der Waals surface area contributed by atoms with Gasteiger partial charge >= 0.3 is 0 Å². The lowest BCUT2D eigenvalue weighted by atomic mass is 9.80. The molecule has 4 aliphatic rings. The minimum Gasteiger partial charge on any atom is -0.381 e. The Kier molecular flexibility index (Phi) is 7.39. The van der Waals surface area contributed by atoms with Gasteiger partial charge in [0.05, 0.1) is 23.1 Å². The molecule has 9 nitrogen and oxygen atoms in total. The van der Waals surface area contributed by atoms with Crippen molar-refractivity contribution in [3.8, 4) is 0 Å². The van der Waals surface area contributed by atoms with Gasteiger partial charge in [-0.2, -0.15) is 5.10 Å². The zero-order chi connectivity index (χ0) is 27.0. The number of nitrogens with one attached hydrogen (secondary N) is 2. The molecular formula is C29H43FN8O. The van der Waals surface area contributed by atoms with Gasteiger partial charge < -0.3 is 26.2 Å². The predicted octanol–water partition coefficient (Wildman–Crippen LogP) is 4.73. The number of pyridine rings is 1. The van der Waals surface area contributed by atoms with Crippen LogP contribution < -0.4 is 21.3 Å².